The predicted octanol–water partition coefficient (Wildman–Crippen LogP) is 2.43. The highest BCUT2D eigenvalue weighted by atomic mass is 32.2. The number of carbonyl (C=O) groups excluding carboxylic acids is 1. The molecule has 6 nitrogen and oxygen atoms in total. The molecule has 3 rings (SSSR count). The molecule has 28 heavy (non-hydrogen) atoms. The Balaban J connectivity index is 1.86. The van der Waals surface area contributed by atoms with Gasteiger partial charge in [0.15, 0.2) is 0 Å². The van der Waals surface area contributed by atoms with Crippen molar-refractivity contribution in [2.45, 2.75) is 18.4 Å². The van der Waals surface area contributed by atoms with E-state index in [9.17, 15) is 17.6 Å². The summed E-state index contributed by atoms with van der Waals surface area (Å²) in [4.78, 5) is 14.4. The van der Waals surface area contributed by atoms with Crippen LogP contribution >= 0.6 is 0 Å². The topological polar surface area (TPSA) is 66.9 Å². The Bertz CT molecular complexity index is 972. The summed E-state index contributed by atoms with van der Waals surface area (Å²) in [6.07, 6.45) is 0. The van der Waals surface area contributed by atoms with E-state index in [0.29, 0.717) is 24.3 Å². The Morgan fingerprint density at radius 1 is 1.18 bits per heavy atom. The molecular formula is C20H23FN2O4S. The monoisotopic (exact) mass is 406 g/mol. The molecule has 0 saturated carbocycles. The number of hydrogen-bond acceptors (Lipinski definition) is 4. The van der Waals surface area contributed by atoms with Gasteiger partial charge in [0.1, 0.15) is 5.82 Å². The summed E-state index contributed by atoms with van der Waals surface area (Å²) >= 11 is 0. The molecule has 0 spiro atoms. The zero-order chi connectivity index (χ0) is 20.3. The van der Waals surface area contributed by atoms with Crippen LogP contribution in [0.5, 0.6) is 0 Å². The first-order chi connectivity index (χ1) is 13.3. The number of halogens is 1. The maximum Gasteiger partial charge on any atom is 0.254 e. The molecule has 8 heteroatoms. The number of nitrogens with zero attached hydrogens (tertiary/aromatic N) is 2. The molecule has 1 amide bonds. The molecule has 0 aliphatic carbocycles. The van der Waals surface area contributed by atoms with Crippen LogP contribution in [0.2, 0.25) is 0 Å². The number of hydrogen-bond donors (Lipinski definition) is 0. The van der Waals surface area contributed by atoms with Gasteiger partial charge in [0.05, 0.1) is 18.1 Å². The van der Waals surface area contributed by atoms with Gasteiger partial charge in [0, 0.05) is 37.8 Å². The maximum atomic E-state index is 13.9. The first-order valence-corrected chi connectivity index (χ1v) is 10.4. The van der Waals surface area contributed by atoms with Crippen molar-refractivity contribution < 1.29 is 22.3 Å². The normalized spacial score (nSPS) is 15.4. The average molecular weight is 406 g/mol. The van der Waals surface area contributed by atoms with Gasteiger partial charge in [-0.3, -0.25) is 4.79 Å². The maximum absolute atomic E-state index is 13.9. The van der Waals surface area contributed by atoms with Crippen LogP contribution in [0.3, 0.4) is 0 Å². The number of benzene rings is 2. The highest BCUT2D eigenvalue weighted by Gasteiger charge is 2.28. The average Bonchev–Trinajstić information content (AvgIpc) is 2.70. The predicted molar refractivity (Wildman–Crippen MR) is 103 cm³/mol. The molecule has 0 N–H and O–H groups in total. The van der Waals surface area contributed by atoms with E-state index >= 15 is 0 Å². The summed E-state index contributed by atoms with van der Waals surface area (Å²) in [5, 5.41) is 0. The fraction of sp³-hybridized carbons (Fsp3) is 0.350. The van der Waals surface area contributed by atoms with E-state index in [1.807, 2.05) is 0 Å². The van der Waals surface area contributed by atoms with E-state index in [2.05, 4.69) is 0 Å². The summed E-state index contributed by atoms with van der Waals surface area (Å²) in [7, 11) is -2.14. The van der Waals surface area contributed by atoms with Crippen molar-refractivity contribution in [3.8, 4) is 0 Å². The van der Waals surface area contributed by atoms with Crippen LogP contribution in [0, 0.1) is 12.7 Å². The Morgan fingerprint density at radius 2 is 1.86 bits per heavy atom. The number of ether oxygens (including phenoxy) is 1. The third-order valence-corrected chi connectivity index (χ3v) is 6.65. The molecular weight excluding hydrogens is 383 g/mol. The van der Waals surface area contributed by atoms with E-state index in [0.717, 1.165) is 0 Å². The second kappa shape index (κ2) is 8.38. The molecule has 2 aromatic carbocycles. The van der Waals surface area contributed by atoms with Crippen molar-refractivity contribution in [2.24, 2.45) is 0 Å². The molecule has 2 aromatic rings. The highest BCUT2D eigenvalue weighted by Crippen LogP contribution is 2.22. The van der Waals surface area contributed by atoms with Crippen LogP contribution in [0.1, 0.15) is 21.5 Å². The third-order valence-electron chi connectivity index (χ3n) is 4.76. The first kappa shape index (κ1) is 20.4. The summed E-state index contributed by atoms with van der Waals surface area (Å²) in [6, 6.07) is 10.8. The minimum atomic E-state index is -3.70. The number of amides is 1. The van der Waals surface area contributed by atoms with E-state index < -0.39 is 10.0 Å². The lowest BCUT2D eigenvalue weighted by molar-refractivity contribution is 0.0730. The zero-order valence-electron chi connectivity index (χ0n) is 15.9. The number of carbonyl (C=O) groups is 1. The van der Waals surface area contributed by atoms with Gasteiger partial charge in [-0.2, -0.15) is 4.31 Å². The SMILES string of the molecule is Cc1ccc(S(=O)(=O)N2CCOCC2)cc1C(=O)N(C)Cc1ccccc1F. The minimum Gasteiger partial charge on any atom is -0.379 e. The van der Waals surface area contributed by atoms with Crippen molar-refractivity contribution in [1.82, 2.24) is 9.21 Å². The van der Waals surface area contributed by atoms with Gasteiger partial charge < -0.3 is 9.64 Å². The molecule has 1 saturated heterocycles. The summed E-state index contributed by atoms with van der Waals surface area (Å²) in [6.45, 7) is 3.10. The van der Waals surface area contributed by atoms with E-state index in [1.165, 1.54) is 27.4 Å². The molecule has 150 valence electrons. The first-order valence-electron chi connectivity index (χ1n) is 8.98. The molecule has 1 fully saturated rings. The lowest BCUT2D eigenvalue weighted by Gasteiger charge is -2.26. The third kappa shape index (κ3) is 4.24. The van der Waals surface area contributed by atoms with Crippen molar-refractivity contribution in [1.29, 1.82) is 0 Å². The smallest absolute Gasteiger partial charge is 0.254 e. The second-order valence-corrected chi connectivity index (χ2v) is 8.68. The van der Waals surface area contributed by atoms with Crippen molar-refractivity contribution in [3.05, 3.63) is 65.0 Å². The molecule has 1 aliphatic heterocycles. The largest absolute Gasteiger partial charge is 0.379 e. The van der Waals surface area contributed by atoms with Gasteiger partial charge in [0.2, 0.25) is 10.0 Å². The lowest BCUT2D eigenvalue weighted by atomic mass is 10.1. The van der Waals surface area contributed by atoms with Crippen molar-refractivity contribution >= 4 is 15.9 Å². The Hall–Kier alpha value is -2.29. The van der Waals surface area contributed by atoms with Crippen LogP contribution in [-0.2, 0) is 21.3 Å². The summed E-state index contributed by atoms with van der Waals surface area (Å²) in [5.74, 6) is -0.748. The van der Waals surface area contributed by atoms with Gasteiger partial charge in [0.25, 0.3) is 5.91 Å². The zero-order valence-corrected chi connectivity index (χ0v) is 16.7. The second-order valence-electron chi connectivity index (χ2n) is 6.75. The minimum absolute atomic E-state index is 0.0719. The van der Waals surface area contributed by atoms with Gasteiger partial charge >= 0.3 is 0 Å². The molecule has 1 heterocycles. The standard InChI is InChI=1S/C20H23FN2O4S/c1-15-7-8-17(28(25,26)23-9-11-27-12-10-23)13-18(15)20(24)22(2)14-16-5-3-4-6-19(16)21/h3-8,13H,9-12,14H2,1-2H3. The molecule has 0 atom stereocenters. The summed E-state index contributed by atoms with van der Waals surface area (Å²) in [5.41, 5.74) is 1.34. The van der Waals surface area contributed by atoms with Crippen molar-refractivity contribution in [2.75, 3.05) is 33.4 Å². The van der Waals surface area contributed by atoms with Crippen LogP contribution in [0.15, 0.2) is 47.4 Å². The lowest BCUT2D eigenvalue weighted by Crippen LogP contribution is -2.40. The van der Waals surface area contributed by atoms with Gasteiger partial charge in [-0.25, -0.2) is 12.8 Å². The van der Waals surface area contributed by atoms with Crippen LogP contribution in [-0.4, -0.2) is 56.9 Å². The number of rotatable bonds is 5. The Morgan fingerprint density at radius 3 is 2.54 bits per heavy atom. The Kier molecular flexibility index (Phi) is 6.12. The number of morpholine rings is 1. The molecule has 1 aliphatic rings. The number of aryl methyl sites for hydroxylation is 1. The van der Waals surface area contributed by atoms with Crippen LogP contribution < -0.4 is 0 Å². The molecule has 0 aromatic heterocycles. The van der Waals surface area contributed by atoms with Crippen LogP contribution in [0.25, 0.3) is 0 Å². The fourth-order valence-corrected chi connectivity index (χ4v) is 4.52. The van der Waals surface area contributed by atoms with Gasteiger partial charge in [-0.15, -0.1) is 0 Å². The van der Waals surface area contributed by atoms with Gasteiger partial charge in [-0.05, 0) is 30.7 Å². The van der Waals surface area contributed by atoms with Gasteiger partial charge in [-0.1, -0.05) is 24.3 Å². The van der Waals surface area contributed by atoms with E-state index in [4.69, 9.17) is 4.74 Å². The van der Waals surface area contributed by atoms with Crippen molar-refractivity contribution in [3.63, 3.8) is 0 Å². The molecule has 0 bridgehead atoms. The fourth-order valence-electron chi connectivity index (χ4n) is 3.09. The van der Waals surface area contributed by atoms with E-state index in [1.54, 1.807) is 38.2 Å². The highest BCUT2D eigenvalue weighted by molar-refractivity contribution is 7.89. The summed E-state index contributed by atoms with van der Waals surface area (Å²) < 4.78 is 46.2. The van der Waals surface area contributed by atoms with Crippen LogP contribution in [0.4, 0.5) is 4.39 Å². The molecule has 0 radical (unpaired) electrons. The number of sulfonamides is 1. The molecule has 0 unspecified atom stereocenters. The quantitative estimate of drug-likeness (QED) is 0.765. The van der Waals surface area contributed by atoms with E-state index in [-0.39, 0.29) is 41.8 Å². The Labute approximate surface area is 164 Å².